The lowest BCUT2D eigenvalue weighted by Crippen LogP contribution is -2.00. The number of aryl methyl sites for hydroxylation is 1. The molecule has 0 bridgehead atoms. The van der Waals surface area contributed by atoms with Crippen molar-refractivity contribution in [1.82, 2.24) is 0 Å². The fraction of sp³-hybridized carbons (Fsp3) is 0.333. The minimum Gasteiger partial charge on any atom is -0.508 e. The Bertz CT molecular complexity index is 302. The Morgan fingerprint density at radius 1 is 1.23 bits per heavy atom. The van der Waals surface area contributed by atoms with Crippen molar-refractivity contribution in [2.75, 3.05) is 6.54 Å². The molecule has 13 heavy (non-hydrogen) atoms. The molecule has 0 spiro atoms. The molecule has 0 fully saturated rings. The van der Waals surface area contributed by atoms with Crippen molar-refractivity contribution in [3.8, 4) is 5.75 Å². The minimum absolute atomic E-state index is 0.183. The van der Waals surface area contributed by atoms with E-state index in [1.165, 1.54) is 6.07 Å². The van der Waals surface area contributed by atoms with Gasteiger partial charge in [0, 0.05) is 6.07 Å². The van der Waals surface area contributed by atoms with Gasteiger partial charge in [-0.15, -0.1) is 0 Å². The Labute approximate surface area is 87.3 Å². The normalized spacial score (nSPS) is 10.4. The molecule has 1 aromatic carbocycles. The summed E-state index contributed by atoms with van der Waals surface area (Å²) in [5.74, 6) is 0.183. The van der Waals surface area contributed by atoms with E-state index in [9.17, 15) is 5.11 Å². The Balaban J connectivity index is 2.88. The van der Waals surface area contributed by atoms with Gasteiger partial charge in [0.15, 0.2) is 0 Å². The SMILES string of the molecule is NCCCc1cc(Cl)c(Cl)cc1O. The van der Waals surface area contributed by atoms with Crippen LogP contribution in [0, 0.1) is 0 Å². The molecule has 0 atom stereocenters. The van der Waals surface area contributed by atoms with Gasteiger partial charge in [0.2, 0.25) is 0 Å². The van der Waals surface area contributed by atoms with E-state index >= 15 is 0 Å². The molecular weight excluding hydrogens is 209 g/mol. The summed E-state index contributed by atoms with van der Waals surface area (Å²) in [6.07, 6.45) is 1.55. The van der Waals surface area contributed by atoms with Crippen molar-refractivity contribution in [3.05, 3.63) is 27.7 Å². The van der Waals surface area contributed by atoms with Gasteiger partial charge in [-0.3, -0.25) is 0 Å². The number of phenolic OH excluding ortho intramolecular Hbond substituents is 1. The van der Waals surface area contributed by atoms with Crippen molar-refractivity contribution in [2.45, 2.75) is 12.8 Å². The number of hydrogen-bond donors (Lipinski definition) is 2. The third kappa shape index (κ3) is 2.76. The molecule has 72 valence electrons. The van der Waals surface area contributed by atoms with Crippen LogP contribution in [-0.4, -0.2) is 11.7 Å². The molecular formula is C9H11Cl2NO. The molecule has 0 unspecified atom stereocenters. The maximum Gasteiger partial charge on any atom is 0.120 e. The van der Waals surface area contributed by atoms with Gasteiger partial charge in [0.1, 0.15) is 5.75 Å². The molecule has 0 amide bonds. The second-order valence-corrected chi connectivity index (χ2v) is 3.60. The van der Waals surface area contributed by atoms with E-state index in [4.69, 9.17) is 28.9 Å². The molecule has 3 N–H and O–H groups in total. The molecule has 0 aliphatic rings. The second kappa shape index (κ2) is 4.70. The summed E-state index contributed by atoms with van der Waals surface area (Å²) in [7, 11) is 0. The Morgan fingerprint density at radius 2 is 1.85 bits per heavy atom. The highest BCUT2D eigenvalue weighted by atomic mass is 35.5. The maximum atomic E-state index is 9.46. The monoisotopic (exact) mass is 219 g/mol. The summed E-state index contributed by atoms with van der Waals surface area (Å²) in [5.41, 5.74) is 6.15. The van der Waals surface area contributed by atoms with Gasteiger partial charge >= 0.3 is 0 Å². The molecule has 0 saturated heterocycles. The number of hydrogen-bond acceptors (Lipinski definition) is 2. The molecule has 0 aromatic heterocycles. The molecule has 0 saturated carbocycles. The smallest absolute Gasteiger partial charge is 0.120 e. The van der Waals surface area contributed by atoms with Crippen LogP contribution in [0.25, 0.3) is 0 Å². The third-order valence-electron chi connectivity index (χ3n) is 1.77. The first-order chi connectivity index (χ1) is 6.15. The summed E-state index contributed by atoms with van der Waals surface area (Å²) >= 11 is 11.5. The molecule has 1 aromatic rings. The number of rotatable bonds is 3. The van der Waals surface area contributed by atoms with Gasteiger partial charge in [0.05, 0.1) is 10.0 Å². The standard InChI is InChI=1S/C9H11Cl2NO/c10-7-4-6(2-1-3-12)9(13)5-8(7)11/h4-5,13H,1-3,12H2. The lowest BCUT2D eigenvalue weighted by Gasteiger charge is -2.05. The van der Waals surface area contributed by atoms with Crippen LogP contribution in [-0.2, 0) is 6.42 Å². The second-order valence-electron chi connectivity index (χ2n) is 2.79. The Hall–Kier alpha value is -0.440. The van der Waals surface area contributed by atoms with Gasteiger partial charge in [-0.05, 0) is 31.0 Å². The summed E-state index contributed by atoms with van der Waals surface area (Å²) in [6.45, 7) is 0.597. The van der Waals surface area contributed by atoms with E-state index in [0.717, 1.165) is 18.4 Å². The fourth-order valence-corrected chi connectivity index (χ4v) is 1.41. The van der Waals surface area contributed by atoms with E-state index in [-0.39, 0.29) is 5.75 Å². The van der Waals surface area contributed by atoms with E-state index in [1.807, 2.05) is 0 Å². The van der Waals surface area contributed by atoms with Crippen LogP contribution in [0.15, 0.2) is 12.1 Å². The summed E-state index contributed by atoms with van der Waals surface area (Å²) in [6, 6.07) is 3.13. The minimum atomic E-state index is 0.183. The number of nitrogens with two attached hydrogens (primary N) is 1. The quantitative estimate of drug-likeness (QED) is 0.822. The highest BCUT2D eigenvalue weighted by molar-refractivity contribution is 6.42. The van der Waals surface area contributed by atoms with E-state index < -0.39 is 0 Å². The van der Waals surface area contributed by atoms with Crippen molar-refractivity contribution in [3.63, 3.8) is 0 Å². The van der Waals surface area contributed by atoms with E-state index in [0.29, 0.717) is 16.6 Å². The number of halogens is 2. The van der Waals surface area contributed by atoms with Gasteiger partial charge < -0.3 is 10.8 Å². The summed E-state index contributed by atoms with van der Waals surface area (Å²) < 4.78 is 0. The molecule has 4 heteroatoms. The predicted molar refractivity (Wildman–Crippen MR) is 55.5 cm³/mol. The molecule has 0 aliphatic carbocycles. The van der Waals surface area contributed by atoms with Crippen molar-refractivity contribution in [2.24, 2.45) is 5.73 Å². The molecule has 0 heterocycles. The van der Waals surface area contributed by atoms with Crippen LogP contribution < -0.4 is 5.73 Å². The van der Waals surface area contributed by atoms with Crippen LogP contribution in [0.4, 0.5) is 0 Å². The first kappa shape index (κ1) is 10.6. The molecule has 0 aliphatic heterocycles. The van der Waals surface area contributed by atoms with Crippen molar-refractivity contribution >= 4 is 23.2 Å². The van der Waals surface area contributed by atoms with E-state index in [2.05, 4.69) is 0 Å². The Morgan fingerprint density at radius 3 is 2.46 bits per heavy atom. The number of benzene rings is 1. The zero-order valence-corrected chi connectivity index (χ0v) is 8.57. The summed E-state index contributed by atoms with van der Waals surface area (Å²) in [4.78, 5) is 0. The lowest BCUT2D eigenvalue weighted by molar-refractivity contribution is 0.467. The molecule has 2 nitrogen and oxygen atoms in total. The number of phenols is 1. The van der Waals surface area contributed by atoms with Crippen LogP contribution in [0.3, 0.4) is 0 Å². The highest BCUT2D eigenvalue weighted by Crippen LogP contribution is 2.30. The first-order valence-electron chi connectivity index (χ1n) is 4.02. The van der Waals surface area contributed by atoms with E-state index in [1.54, 1.807) is 6.07 Å². The fourth-order valence-electron chi connectivity index (χ4n) is 1.07. The summed E-state index contributed by atoms with van der Waals surface area (Å²) in [5, 5.41) is 10.3. The third-order valence-corrected chi connectivity index (χ3v) is 2.49. The number of aromatic hydroxyl groups is 1. The zero-order valence-electron chi connectivity index (χ0n) is 7.06. The van der Waals surface area contributed by atoms with Crippen LogP contribution in [0.5, 0.6) is 5.75 Å². The van der Waals surface area contributed by atoms with Gasteiger partial charge in [-0.1, -0.05) is 23.2 Å². The highest BCUT2D eigenvalue weighted by Gasteiger charge is 2.05. The van der Waals surface area contributed by atoms with Crippen LogP contribution >= 0.6 is 23.2 Å². The molecule has 1 rings (SSSR count). The zero-order chi connectivity index (χ0) is 9.84. The van der Waals surface area contributed by atoms with Gasteiger partial charge in [-0.25, -0.2) is 0 Å². The maximum absolute atomic E-state index is 9.46. The average Bonchev–Trinajstić information content (AvgIpc) is 2.09. The molecule has 0 radical (unpaired) electrons. The van der Waals surface area contributed by atoms with Crippen LogP contribution in [0.1, 0.15) is 12.0 Å². The topological polar surface area (TPSA) is 46.2 Å². The largest absolute Gasteiger partial charge is 0.508 e. The van der Waals surface area contributed by atoms with Crippen molar-refractivity contribution in [1.29, 1.82) is 0 Å². The Kier molecular flexibility index (Phi) is 3.85. The van der Waals surface area contributed by atoms with Gasteiger partial charge in [0.25, 0.3) is 0 Å². The van der Waals surface area contributed by atoms with Gasteiger partial charge in [-0.2, -0.15) is 0 Å². The van der Waals surface area contributed by atoms with Crippen LogP contribution in [0.2, 0.25) is 10.0 Å². The lowest BCUT2D eigenvalue weighted by atomic mass is 10.1. The predicted octanol–water partition coefficient (Wildman–Crippen LogP) is 2.59. The van der Waals surface area contributed by atoms with Crippen molar-refractivity contribution < 1.29 is 5.11 Å². The first-order valence-corrected chi connectivity index (χ1v) is 4.77. The average molecular weight is 220 g/mol.